The number of hydrogen-bond donors (Lipinski definition) is 1. The van der Waals surface area contributed by atoms with Gasteiger partial charge in [0.15, 0.2) is 0 Å². The van der Waals surface area contributed by atoms with Crippen LogP contribution in [0.15, 0.2) is 24.3 Å². The van der Waals surface area contributed by atoms with Crippen LogP contribution < -0.4 is 10.5 Å². The Morgan fingerprint density at radius 2 is 1.81 bits per heavy atom. The smallest absolute Gasteiger partial charge is 0.119 e. The summed E-state index contributed by atoms with van der Waals surface area (Å²) in [7, 11) is 2.19. The minimum Gasteiger partial charge on any atom is -0.491 e. The molecule has 2 rings (SSSR count). The largest absolute Gasteiger partial charge is 0.491 e. The fourth-order valence-electron chi connectivity index (χ4n) is 3.22. The first-order valence-corrected chi connectivity index (χ1v) is 8.25. The maximum absolute atomic E-state index is 6.34. The summed E-state index contributed by atoms with van der Waals surface area (Å²) in [5.74, 6) is 1.80. The molecule has 2 N–H and O–H groups in total. The zero-order valence-corrected chi connectivity index (χ0v) is 13.7. The highest BCUT2D eigenvalue weighted by Crippen LogP contribution is 2.25. The van der Waals surface area contributed by atoms with Gasteiger partial charge in [0, 0.05) is 19.1 Å². The van der Waals surface area contributed by atoms with E-state index in [1.807, 2.05) is 26.0 Å². The predicted molar refractivity (Wildman–Crippen MR) is 88.6 cm³/mol. The van der Waals surface area contributed by atoms with Gasteiger partial charge in [-0.25, -0.2) is 0 Å². The lowest BCUT2D eigenvalue weighted by Gasteiger charge is -2.24. The quantitative estimate of drug-likeness (QED) is 0.834. The number of hydrogen-bond acceptors (Lipinski definition) is 3. The monoisotopic (exact) mass is 290 g/mol. The first kappa shape index (κ1) is 16.3. The van der Waals surface area contributed by atoms with Gasteiger partial charge in [0.05, 0.1) is 6.10 Å². The van der Waals surface area contributed by atoms with Crippen LogP contribution in [0.2, 0.25) is 0 Å². The molecule has 1 aliphatic rings. The van der Waals surface area contributed by atoms with E-state index in [1.165, 1.54) is 37.8 Å². The molecule has 0 saturated heterocycles. The van der Waals surface area contributed by atoms with Crippen LogP contribution in [-0.4, -0.2) is 31.1 Å². The van der Waals surface area contributed by atoms with Crippen LogP contribution in [-0.2, 0) is 0 Å². The first-order chi connectivity index (χ1) is 10.0. The lowest BCUT2D eigenvalue weighted by Crippen LogP contribution is -2.32. The van der Waals surface area contributed by atoms with Crippen LogP contribution in [0.25, 0.3) is 0 Å². The minimum atomic E-state index is 0.0736. The zero-order valence-electron chi connectivity index (χ0n) is 13.7. The number of likely N-dealkylation sites (N-methyl/N-ethyl adjacent to an activating group) is 1. The van der Waals surface area contributed by atoms with Crippen LogP contribution in [0.1, 0.15) is 51.1 Å². The topological polar surface area (TPSA) is 38.5 Å². The molecule has 0 bridgehead atoms. The van der Waals surface area contributed by atoms with Gasteiger partial charge in [0.25, 0.3) is 0 Å². The van der Waals surface area contributed by atoms with Gasteiger partial charge in [-0.15, -0.1) is 0 Å². The van der Waals surface area contributed by atoms with Crippen LogP contribution >= 0.6 is 0 Å². The summed E-state index contributed by atoms with van der Waals surface area (Å²) in [5.41, 5.74) is 7.52. The molecule has 0 aliphatic heterocycles. The van der Waals surface area contributed by atoms with Crippen molar-refractivity contribution in [3.63, 3.8) is 0 Å². The van der Waals surface area contributed by atoms with E-state index in [4.69, 9.17) is 10.5 Å². The molecule has 0 heterocycles. The van der Waals surface area contributed by atoms with Crippen LogP contribution in [0.4, 0.5) is 0 Å². The van der Waals surface area contributed by atoms with Crippen molar-refractivity contribution < 1.29 is 4.74 Å². The normalized spacial score (nSPS) is 17.6. The van der Waals surface area contributed by atoms with Crippen molar-refractivity contribution in [1.29, 1.82) is 0 Å². The number of nitrogens with two attached hydrogens (primary N) is 1. The highest BCUT2D eigenvalue weighted by atomic mass is 16.5. The maximum Gasteiger partial charge on any atom is 0.119 e. The summed E-state index contributed by atoms with van der Waals surface area (Å²) in [6.45, 7) is 6.18. The number of benzene rings is 1. The van der Waals surface area contributed by atoms with E-state index < -0.39 is 0 Å². The molecule has 0 spiro atoms. The van der Waals surface area contributed by atoms with E-state index in [9.17, 15) is 0 Å². The van der Waals surface area contributed by atoms with Crippen LogP contribution in [0, 0.1) is 5.92 Å². The predicted octanol–water partition coefficient (Wildman–Crippen LogP) is 3.60. The second-order valence-electron chi connectivity index (χ2n) is 6.71. The molecule has 3 heteroatoms. The average molecular weight is 290 g/mol. The van der Waals surface area contributed by atoms with Gasteiger partial charge in [-0.05, 0) is 57.4 Å². The fourth-order valence-corrected chi connectivity index (χ4v) is 3.22. The van der Waals surface area contributed by atoms with Gasteiger partial charge in [0.1, 0.15) is 5.75 Å². The molecule has 118 valence electrons. The van der Waals surface area contributed by atoms with Gasteiger partial charge in [0.2, 0.25) is 0 Å². The van der Waals surface area contributed by atoms with E-state index in [-0.39, 0.29) is 12.1 Å². The molecule has 0 amide bonds. The number of ether oxygens (including phenoxy) is 1. The minimum absolute atomic E-state index is 0.0736. The molecule has 0 radical (unpaired) electrons. The molecule has 1 aromatic rings. The van der Waals surface area contributed by atoms with Gasteiger partial charge in [-0.2, -0.15) is 0 Å². The Kier molecular flexibility index (Phi) is 6.07. The molecule has 1 fully saturated rings. The summed E-state index contributed by atoms with van der Waals surface area (Å²) < 4.78 is 5.67. The molecular formula is C18H30N2O. The highest BCUT2D eigenvalue weighted by molar-refractivity contribution is 5.29. The average Bonchev–Trinajstić information content (AvgIpc) is 2.91. The fraction of sp³-hybridized carbons (Fsp3) is 0.667. The molecule has 1 saturated carbocycles. The Balaban J connectivity index is 1.82. The first-order valence-electron chi connectivity index (χ1n) is 8.25. The highest BCUT2D eigenvalue weighted by Gasteiger charge is 2.18. The molecular weight excluding hydrogens is 260 g/mol. The van der Waals surface area contributed by atoms with Gasteiger partial charge >= 0.3 is 0 Å². The Bertz CT molecular complexity index is 410. The maximum atomic E-state index is 6.34. The number of rotatable bonds is 7. The molecule has 1 atom stereocenters. The molecule has 0 aromatic heterocycles. The van der Waals surface area contributed by atoms with Crippen LogP contribution in [0.5, 0.6) is 5.75 Å². The van der Waals surface area contributed by atoms with Crippen molar-refractivity contribution in [2.45, 2.75) is 51.7 Å². The second-order valence-corrected chi connectivity index (χ2v) is 6.71. The Labute approximate surface area is 129 Å². The zero-order chi connectivity index (χ0) is 15.2. The van der Waals surface area contributed by atoms with E-state index in [2.05, 4.69) is 24.1 Å². The standard InChI is InChI=1S/C18H30N2O/c1-14(2)21-17-10-8-16(9-11-17)18(19)13-20(3)12-15-6-4-5-7-15/h8-11,14-15,18H,4-7,12-13,19H2,1-3H3. The van der Waals surface area contributed by atoms with E-state index in [0.29, 0.717) is 0 Å². The van der Waals surface area contributed by atoms with Crippen molar-refractivity contribution in [2.24, 2.45) is 11.7 Å². The summed E-state index contributed by atoms with van der Waals surface area (Å²) in [6, 6.07) is 8.29. The van der Waals surface area contributed by atoms with E-state index >= 15 is 0 Å². The summed E-state index contributed by atoms with van der Waals surface area (Å²) >= 11 is 0. The third-order valence-corrected chi connectivity index (χ3v) is 4.23. The second kappa shape index (κ2) is 7.81. The number of nitrogens with zero attached hydrogens (tertiary/aromatic N) is 1. The van der Waals surface area contributed by atoms with E-state index in [1.54, 1.807) is 0 Å². The molecule has 1 aliphatic carbocycles. The summed E-state index contributed by atoms with van der Waals surface area (Å²) in [6.07, 6.45) is 5.80. The summed E-state index contributed by atoms with van der Waals surface area (Å²) in [5, 5.41) is 0. The SMILES string of the molecule is CC(C)Oc1ccc(C(N)CN(C)CC2CCCC2)cc1. The molecule has 1 aromatic carbocycles. The van der Waals surface area contributed by atoms with Gasteiger partial charge in [-0.1, -0.05) is 25.0 Å². The van der Waals surface area contributed by atoms with E-state index in [0.717, 1.165) is 18.2 Å². The van der Waals surface area contributed by atoms with Crippen molar-refractivity contribution in [1.82, 2.24) is 4.90 Å². The van der Waals surface area contributed by atoms with Crippen molar-refractivity contribution in [2.75, 3.05) is 20.1 Å². The van der Waals surface area contributed by atoms with Crippen molar-refractivity contribution in [3.05, 3.63) is 29.8 Å². The van der Waals surface area contributed by atoms with Crippen LogP contribution in [0.3, 0.4) is 0 Å². The Hall–Kier alpha value is -1.06. The van der Waals surface area contributed by atoms with Crippen molar-refractivity contribution in [3.8, 4) is 5.75 Å². The summed E-state index contributed by atoms with van der Waals surface area (Å²) in [4.78, 5) is 2.39. The van der Waals surface area contributed by atoms with Crippen molar-refractivity contribution >= 4 is 0 Å². The van der Waals surface area contributed by atoms with Gasteiger partial charge < -0.3 is 15.4 Å². The van der Waals surface area contributed by atoms with Gasteiger partial charge in [-0.3, -0.25) is 0 Å². The Morgan fingerprint density at radius 1 is 1.19 bits per heavy atom. The molecule has 21 heavy (non-hydrogen) atoms. The molecule has 3 nitrogen and oxygen atoms in total. The molecule has 1 unspecified atom stereocenters. The third-order valence-electron chi connectivity index (χ3n) is 4.23. The lowest BCUT2D eigenvalue weighted by molar-refractivity contribution is 0.242. The lowest BCUT2D eigenvalue weighted by atomic mass is 10.1. The third kappa shape index (κ3) is 5.33. The Morgan fingerprint density at radius 3 is 2.38 bits per heavy atom.